The molecule has 0 saturated heterocycles. The first-order valence-electron chi connectivity index (χ1n) is 15.1. The molecule has 0 aliphatic heterocycles. The fraction of sp³-hybridized carbons (Fsp3) is 0.324. The molecule has 1 atom stereocenters. The van der Waals surface area contributed by atoms with Gasteiger partial charge in [-0.1, -0.05) is 6.07 Å². The Morgan fingerprint density at radius 3 is 2.45 bits per heavy atom. The Morgan fingerprint density at radius 1 is 1.00 bits per heavy atom. The van der Waals surface area contributed by atoms with Gasteiger partial charge in [0, 0.05) is 24.2 Å². The van der Waals surface area contributed by atoms with Gasteiger partial charge < -0.3 is 14.4 Å². The van der Waals surface area contributed by atoms with E-state index in [-0.39, 0.29) is 28.9 Å². The molecule has 1 amide bonds. The van der Waals surface area contributed by atoms with Crippen molar-refractivity contribution in [2.24, 2.45) is 0 Å². The third-order valence-electron chi connectivity index (χ3n) is 7.71. The van der Waals surface area contributed by atoms with Crippen molar-refractivity contribution in [3.05, 3.63) is 101 Å². The SMILES string of the molecule is Cc1cc2ncc(N(C)C(=O)c3cccc(-n4nc(C(F)(F)F)c5c4[C@H](Oc4ccc(C(=O)OC(C)(C)C)cc4)CCC5)c3)cn2n1. The quantitative estimate of drug-likeness (QED) is 0.184. The first-order valence-corrected chi connectivity index (χ1v) is 15.1. The Balaban J connectivity index is 1.32. The molecular formula is C34H33F3N6O4. The zero-order chi connectivity index (χ0) is 33.7. The molecule has 2 aromatic carbocycles. The van der Waals surface area contributed by atoms with Crippen molar-refractivity contribution in [2.75, 3.05) is 11.9 Å². The van der Waals surface area contributed by atoms with E-state index in [4.69, 9.17) is 9.47 Å². The lowest BCUT2D eigenvalue weighted by Gasteiger charge is -2.26. The van der Waals surface area contributed by atoms with Crippen LogP contribution in [0.4, 0.5) is 18.9 Å². The first kappa shape index (κ1) is 31.8. The number of aromatic nitrogens is 5. The van der Waals surface area contributed by atoms with Crippen LogP contribution in [0.5, 0.6) is 5.75 Å². The molecule has 1 aliphatic carbocycles. The summed E-state index contributed by atoms with van der Waals surface area (Å²) in [6.45, 7) is 7.15. The Morgan fingerprint density at radius 2 is 1.74 bits per heavy atom. The second-order valence-electron chi connectivity index (χ2n) is 12.5. The van der Waals surface area contributed by atoms with Gasteiger partial charge in [0.2, 0.25) is 0 Å². The maximum Gasteiger partial charge on any atom is 0.435 e. The van der Waals surface area contributed by atoms with E-state index in [2.05, 4.69) is 15.2 Å². The predicted octanol–water partition coefficient (Wildman–Crippen LogP) is 6.93. The van der Waals surface area contributed by atoms with Gasteiger partial charge in [-0.3, -0.25) is 4.79 Å². The minimum atomic E-state index is -4.70. The highest BCUT2D eigenvalue weighted by atomic mass is 19.4. The number of benzene rings is 2. The largest absolute Gasteiger partial charge is 0.484 e. The molecule has 0 bridgehead atoms. The average molecular weight is 647 g/mol. The zero-order valence-electron chi connectivity index (χ0n) is 26.5. The molecule has 0 spiro atoms. The van der Waals surface area contributed by atoms with Crippen LogP contribution in [0.3, 0.4) is 0 Å². The van der Waals surface area contributed by atoms with Crippen LogP contribution in [0.1, 0.15) is 83.1 Å². The lowest BCUT2D eigenvalue weighted by Crippen LogP contribution is -2.27. The summed E-state index contributed by atoms with van der Waals surface area (Å²) in [6.07, 6.45) is -1.17. The van der Waals surface area contributed by atoms with Gasteiger partial charge in [-0.05, 0) is 89.4 Å². The van der Waals surface area contributed by atoms with Crippen LogP contribution in [-0.2, 0) is 17.3 Å². The molecule has 0 N–H and O–H groups in total. The lowest BCUT2D eigenvalue weighted by molar-refractivity contribution is -0.142. The number of fused-ring (bicyclic) bond motifs is 2. The van der Waals surface area contributed by atoms with E-state index in [0.717, 1.165) is 5.69 Å². The predicted molar refractivity (Wildman–Crippen MR) is 167 cm³/mol. The summed E-state index contributed by atoms with van der Waals surface area (Å²) < 4.78 is 57.3. The number of ether oxygens (including phenoxy) is 2. The van der Waals surface area contributed by atoms with Gasteiger partial charge in [0.1, 0.15) is 17.5 Å². The maximum atomic E-state index is 14.3. The van der Waals surface area contributed by atoms with E-state index in [1.54, 1.807) is 87.2 Å². The van der Waals surface area contributed by atoms with Crippen molar-refractivity contribution in [1.29, 1.82) is 0 Å². The molecular weight excluding hydrogens is 613 g/mol. The summed E-state index contributed by atoms with van der Waals surface area (Å²) in [5.41, 5.74) is 1.41. The summed E-state index contributed by atoms with van der Waals surface area (Å²) in [6, 6.07) is 14.4. The van der Waals surface area contributed by atoms with Crippen molar-refractivity contribution in [2.45, 2.75) is 64.8 Å². The third kappa shape index (κ3) is 6.56. The van der Waals surface area contributed by atoms with Crippen molar-refractivity contribution in [3.63, 3.8) is 0 Å². The lowest BCUT2D eigenvalue weighted by atomic mass is 9.92. The molecule has 5 aromatic rings. The second-order valence-corrected chi connectivity index (χ2v) is 12.5. The molecule has 6 rings (SSSR count). The van der Waals surface area contributed by atoms with E-state index < -0.39 is 35.5 Å². The molecule has 0 fully saturated rings. The minimum Gasteiger partial charge on any atom is -0.484 e. The summed E-state index contributed by atoms with van der Waals surface area (Å²) in [5.74, 6) is -0.517. The molecule has 3 heterocycles. The monoisotopic (exact) mass is 646 g/mol. The van der Waals surface area contributed by atoms with Gasteiger partial charge in [-0.25, -0.2) is 19.0 Å². The number of aryl methyl sites for hydroxylation is 1. The molecule has 0 unspecified atom stereocenters. The maximum absolute atomic E-state index is 14.3. The van der Waals surface area contributed by atoms with Gasteiger partial charge in [-0.2, -0.15) is 23.4 Å². The van der Waals surface area contributed by atoms with Crippen LogP contribution < -0.4 is 9.64 Å². The first-order chi connectivity index (χ1) is 22.2. The Labute approximate surface area is 268 Å². The smallest absolute Gasteiger partial charge is 0.435 e. The molecule has 0 radical (unpaired) electrons. The number of hydrogen-bond donors (Lipinski definition) is 0. The summed E-state index contributed by atoms with van der Waals surface area (Å²) in [7, 11) is 1.59. The topological polar surface area (TPSA) is 104 Å². The molecule has 1 aliphatic rings. The summed E-state index contributed by atoms with van der Waals surface area (Å²) in [4.78, 5) is 31.8. The van der Waals surface area contributed by atoms with Gasteiger partial charge in [0.25, 0.3) is 5.91 Å². The van der Waals surface area contributed by atoms with Crippen molar-refractivity contribution < 1.29 is 32.2 Å². The van der Waals surface area contributed by atoms with Gasteiger partial charge >= 0.3 is 12.1 Å². The molecule has 0 saturated carbocycles. The van der Waals surface area contributed by atoms with Crippen LogP contribution in [0.15, 0.2) is 67.0 Å². The number of anilines is 1. The number of halogens is 3. The summed E-state index contributed by atoms with van der Waals surface area (Å²) in [5, 5.41) is 8.39. The van der Waals surface area contributed by atoms with Crippen LogP contribution in [0, 0.1) is 6.92 Å². The highest BCUT2D eigenvalue weighted by Crippen LogP contribution is 2.42. The van der Waals surface area contributed by atoms with Gasteiger partial charge in [0.05, 0.1) is 40.7 Å². The van der Waals surface area contributed by atoms with E-state index >= 15 is 0 Å². The third-order valence-corrected chi connectivity index (χ3v) is 7.71. The standard InChI is InChI=1S/C34H33F3N6O4/c1-20-16-28-38-18-24(19-42(28)39-20)41(5)31(44)22-8-6-9-23(17-22)43-29-26(30(40-43)34(35,36)37)10-7-11-27(29)46-25-14-12-21(13-15-25)32(45)47-33(2,3)4/h6,8-9,12-19,27H,7,10-11H2,1-5H3/t27-/m1/s1. The van der Waals surface area contributed by atoms with Crippen molar-refractivity contribution in [1.82, 2.24) is 24.4 Å². The number of amides is 1. The number of rotatable bonds is 6. The Hall–Kier alpha value is -5.20. The van der Waals surface area contributed by atoms with E-state index in [1.165, 1.54) is 15.6 Å². The second kappa shape index (κ2) is 11.9. The number of alkyl halides is 3. The number of esters is 1. The van der Waals surface area contributed by atoms with E-state index in [0.29, 0.717) is 35.5 Å². The number of nitrogens with zero attached hydrogens (tertiary/aromatic N) is 6. The number of carbonyl (C=O) groups is 2. The molecule has 10 nitrogen and oxygen atoms in total. The van der Waals surface area contributed by atoms with Crippen LogP contribution >= 0.6 is 0 Å². The summed E-state index contributed by atoms with van der Waals surface area (Å²) >= 11 is 0. The molecule has 244 valence electrons. The fourth-order valence-corrected chi connectivity index (χ4v) is 5.59. The normalized spacial score (nSPS) is 14.9. The molecule has 3 aromatic heterocycles. The number of hydrogen-bond acceptors (Lipinski definition) is 7. The van der Waals surface area contributed by atoms with Crippen LogP contribution in [0.2, 0.25) is 0 Å². The van der Waals surface area contributed by atoms with Gasteiger partial charge in [-0.15, -0.1) is 0 Å². The minimum absolute atomic E-state index is 0.0573. The average Bonchev–Trinajstić information content (AvgIpc) is 3.60. The van der Waals surface area contributed by atoms with Crippen molar-refractivity contribution in [3.8, 4) is 11.4 Å². The van der Waals surface area contributed by atoms with Crippen LogP contribution in [0.25, 0.3) is 11.3 Å². The highest BCUT2D eigenvalue weighted by Gasteiger charge is 2.42. The fourth-order valence-electron chi connectivity index (χ4n) is 5.59. The van der Waals surface area contributed by atoms with Crippen LogP contribution in [-0.4, -0.2) is 48.9 Å². The van der Waals surface area contributed by atoms with Crippen molar-refractivity contribution >= 4 is 23.2 Å². The van der Waals surface area contributed by atoms with Gasteiger partial charge in [0.15, 0.2) is 11.3 Å². The highest BCUT2D eigenvalue weighted by molar-refractivity contribution is 6.06. The Kier molecular flexibility index (Phi) is 8.02. The Bertz CT molecular complexity index is 1970. The molecule has 47 heavy (non-hydrogen) atoms. The molecule has 13 heteroatoms. The number of carbonyl (C=O) groups excluding carboxylic acids is 2. The van der Waals surface area contributed by atoms with E-state index in [9.17, 15) is 22.8 Å². The zero-order valence-corrected chi connectivity index (χ0v) is 26.5. The van der Waals surface area contributed by atoms with E-state index in [1.807, 2.05) is 13.0 Å².